The Bertz CT molecular complexity index is 711. The van der Waals surface area contributed by atoms with E-state index in [-0.39, 0.29) is 12.1 Å². The summed E-state index contributed by atoms with van der Waals surface area (Å²) in [4.78, 5) is 18.7. The van der Waals surface area contributed by atoms with Crippen LogP contribution in [0.2, 0.25) is 0 Å². The van der Waals surface area contributed by atoms with Crippen molar-refractivity contribution in [3.05, 3.63) is 36.5 Å². The summed E-state index contributed by atoms with van der Waals surface area (Å²) in [6.45, 7) is 7.46. The molecule has 1 fully saturated rings. The largest absolute Gasteiger partial charge is 0.444 e. The summed E-state index contributed by atoms with van der Waals surface area (Å²) in [5, 5.41) is 4.16. The highest BCUT2D eigenvalue weighted by atomic mass is 16.6. The van der Waals surface area contributed by atoms with Gasteiger partial charge in [0.1, 0.15) is 5.60 Å². The summed E-state index contributed by atoms with van der Waals surface area (Å²) in [6, 6.07) is 10.5. The molecular formula is C19H25N3O2. The summed E-state index contributed by atoms with van der Waals surface area (Å²) in [6.07, 6.45) is 3.37. The number of fused-ring (bicyclic) bond motifs is 1. The van der Waals surface area contributed by atoms with E-state index in [0.29, 0.717) is 0 Å². The Morgan fingerprint density at radius 2 is 1.92 bits per heavy atom. The highest BCUT2D eigenvalue weighted by Crippen LogP contribution is 2.27. The Morgan fingerprint density at radius 3 is 2.62 bits per heavy atom. The van der Waals surface area contributed by atoms with Crippen LogP contribution >= 0.6 is 0 Å². The minimum atomic E-state index is -0.458. The molecule has 0 bridgehead atoms. The van der Waals surface area contributed by atoms with Crippen LogP contribution in [-0.4, -0.2) is 35.8 Å². The van der Waals surface area contributed by atoms with Gasteiger partial charge in [0, 0.05) is 36.4 Å². The van der Waals surface area contributed by atoms with Crippen LogP contribution < -0.4 is 10.2 Å². The first kappa shape index (κ1) is 16.6. The molecule has 0 radical (unpaired) electrons. The van der Waals surface area contributed by atoms with Gasteiger partial charge in [-0.05, 0) is 45.7 Å². The number of benzene rings is 1. The van der Waals surface area contributed by atoms with Gasteiger partial charge in [-0.25, -0.2) is 4.79 Å². The molecule has 1 aromatic carbocycles. The molecule has 1 saturated heterocycles. The lowest BCUT2D eigenvalue weighted by Gasteiger charge is -2.34. The molecule has 5 nitrogen and oxygen atoms in total. The van der Waals surface area contributed by atoms with E-state index in [9.17, 15) is 4.79 Å². The molecule has 5 heteroatoms. The fourth-order valence-electron chi connectivity index (χ4n) is 3.10. The number of nitrogens with zero attached hydrogens (tertiary/aromatic N) is 2. The average Bonchev–Trinajstić information content (AvgIpc) is 2.53. The maximum absolute atomic E-state index is 11.9. The van der Waals surface area contributed by atoms with Crippen LogP contribution in [0.5, 0.6) is 0 Å². The number of ether oxygens (including phenoxy) is 1. The molecule has 1 aliphatic heterocycles. The number of alkyl carbamates (subject to hydrolysis) is 1. The van der Waals surface area contributed by atoms with Gasteiger partial charge in [-0.1, -0.05) is 18.2 Å². The van der Waals surface area contributed by atoms with Crippen molar-refractivity contribution < 1.29 is 9.53 Å². The fourth-order valence-corrected chi connectivity index (χ4v) is 3.10. The molecule has 2 aromatic rings. The van der Waals surface area contributed by atoms with Gasteiger partial charge in [0.25, 0.3) is 0 Å². The van der Waals surface area contributed by atoms with Crippen LogP contribution in [0, 0.1) is 0 Å². The maximum atomic E-state index is 11.9. The predicted octanol–water partition coefficient (Wildman–Crippen LogP) is 3.73. The van der Waals surface area contributed by atoms with Crippen LogP contribution in [0.4, 0.5) is 10.5 Å². The van der Waals surface area contributed by atoms with E-state index in [1.165, 1.54) is 11.1 Å². The van der Waals surface area contributed by atoms with Crippen molar-refractivity contribution in [3.8, 4) is 0 Å². The quantitative estimate of drug-likeness (QED) is 0.913. The second kappa shape index (κ2) is 6.67. The summed E-state index contributed by atoms with van der Waals surface area (Å²) in [5.74, 6) is 0. The lowest BCUT2D eigenvalue weighted by molar-refractivity contribution is 0.0497. The number of anilines is 1. The normalized spacial score (nSPS) is 16.2. The van der Waals surface area contributed by atoms with E-state index in [1.807, 2.05) is 45.2 Å². The second-order valence-corrected chi connectivity index (χ2v) is 7.25. The highest BCUT2D eigenvalue weighted by Gasteiger charge is 2.24. The standard InChI is InChI=1S/C19H25N3O2/c1-19(2,3)24-18(23)21-14-9-12-22(13-10-14)17-8-11-20-16-7-5-4-6-15(16)17/h4-8,11,14H,9-10,12-13H2,1-3H3,(H,21,23). The van der Waals surface area contributed by atoms with Gasteiger partial charge in [0.15, 0.2) is 0 Å². The maximum Gasteiger partial charge on any atom is 0.407 e. The molecule has 2 heterocycles. The van der Waals surface area contributed by atoms with Gasteiger partial charge >= 0.3 is 6.09 Å². The van der Waals surface area contributed by atoms with Crippen molar-refractivity contribution in [2.45, 2.75) is 45.3 Å². The van der Waals surface area contributed by atoms with Crippen LogP contribution in [0.15, 0.2) is 36.5 Å². The van der Waals surface area contributed by atoms with E-state index < -0.39 is 5.60 Å². The Labute approximate surface area is 143 Å². The van der Waals surface area contributed by atoms with Gasteiger partial charge in [-0.15, -0.1) is 0 Å². The zero-order valence-electron chi connectivity index (χ0n) is 14.6. The van der Waals surface area contributed by atoms with Gasteiger partial charge in [0.2, 0.25) is 0 Å². The number of carbonyl (C=O) groups is 1. The predicted molar refractivity (Wildman–Crippen MR) is 96.3 cm³/mol. The monoisotopic (exact) mass is 327 g/mol. The Kier molecular flexibility index (Phi) is 4.60. The molecule has 1 aliphatic rings. The van der Waals surface area contributed by atoms with E-state index in [1.54, 1.807) is 0 Å². The number of aromatic nitrogens is 1. The van der Waals surface area contributed by atoms with Gasteiger partial charge in [0.05, 0.1) is 5.52 Å². The fraction of sp³-hybridized carbons (Fsp3) is 0.474. The van der Waals surface area contributed by atoms with Gasteiger partial charge in [-0.2, -0.15) is 0 Å². The van der Waals surface area contributed by atoms with Gasteiger partial charge < -0.3 is 15.0 Å². The van der Waals surface area contributed by atoms with E-state index >= 15 is 0 Å². The van der Waals surface area contributed by atoms with Crippen LogP contribution in [-0.2, 0) is 4.74 Å². The lowest BCUT2D eigenvalue weighted by atomic mass is 10.0. The number of hydrogen-bond donors (Lipinski definition) is 1. The summed E-state index contributed by atoms with van der Waals surface area (Å²) in [5.41, 5.74) is 1.78. The first-order valence-corrected chi connectivity index (χ1v) is 8.50. The van der Waals surface area contributed by atoms with Gasteiger partial charge in [-0.3, -0.25) is 4.98 Å². The van der Waals surface area contributed by atoms with Crippen molar-refractivity contribution in [2.75, 3.05) is 18.0 Å². The molecule has 0 saturated carbocycles. The van der Waals surface area contributed by atoms with Crippen molar-refractivity contribution in [1.82, 2.24) is 10.3 Å². The molecule has 1 amide bonds. The zero-order chi connectivity index (χ0) is 17.2. The molecule has 1 N–H and O–H groups in total. The SMILES string of the molecule is CC(C)(C)OC(=O)NC1CCN(c2ccnc3ccccc23)CC1. The van der Waals surface area contributed by atoms with E-state index in [0.717, 1.165) is 31.4 Å². The summed E-state index contributed by atoms with van der Waals surface area (Å²) >= 11 is 0. The minimum Gasteiger partial charge on any atom is -0.444 e. The first-order chi connectivity index (χ1) is 11.4. The number of pyridine rings is 1. The molecule has 3 rings (SSSR count). The molecule has 0 spiro atoms. The number of hydrogen-bond acceptors (Lipinski definition) is 4. The average molecular weight is 327 g/mol. The molecule has 0 aliphatic carbocycles. The molecule has 0 atom stereocenters. The van der Waals surface area contributed by atoms with Crippen molar-refractivity contribution >= 4 is 22.7 Å². The number of nitrogens with one attached hydrogen (secondary N) is 1. The third-order valence-electron chi connectivity index (χ3n) is 4.18. The smallest absolute Gasteiger partial charge is 0.407 e. The van der Waals surface area contributed by atoms with Crippen molar-refractivity contribution in [3.63, 3.8) is 0 Å². The summed E-state index contributed by atoms with van der Waals surface area (Å²) < 4.78 is 5.34. The number of rotatable bonds is 2. The van der Waals surface area contributed by atoms with Crippen LogP contribution in [0.3, 0.4) is 0 Å². The molecule has 128 valence electrons. The molecule has 24 heavy (non-hydrogen) atoms. The second-order valence-electron chi connectivity index (χ2n) is 7.25. The topological polar surface area (TPSA) is 54.5 Å². The summed E-state index contributed by atoms with van der Waals surface area (Å²) in [7, 11) is 0. The number of amides is 1. The van der Waals surface area contributed by atoms with Crippen LogP contribution in [0.1, 0.15) is 33.6 Å². The number of carbonyl (C=O) groups excluding carboxylic acids is 1. The van der Waals surface area contributed by atoms with Crippen molar-refractivity contribution in [1.29, 1.82) is 0 Å². The third-order valence-corrected chi connectivity index (χ3v) is 4.18. The number of para-hydroxylation sites is 1. The minimum absolute atomic E-state index is 0.171. The Balaban J connectivity index is 1.62. The zero-order valence-corrected chi connectivity index (χ0v) is 14.6. The van der Waals surface area contributed by atoms with E-state index in [2.05, 4.69) is 27.3 Å². The Morgan fingerprint density at radius 1 is 1.21 bits per heavy atom. The molecule has 1 aromatic heterocycles. The third kappa shape index (κ3) is 3.96. The molecule has 0 unspecified atom stereocenters. The Hall–Kier alpha value is -2.30. The highest BCUT2D eigenvalue weighted by molar-refractivity contribution is 5.91. The lowest BCUT2D eigenvalue weighted by Crippen LogP contribution is -2.46. The van der Waals surface area contributed by atoms with E-state index in [4.69, 9.17) is 4.74 Å². The number of piperidine rings is 1. The van der Waals surface area contributed by atoms with Crippen molar-refractivity contribution in [2.24, 2.45) is 0 Å². The molecular weight excluding hydrogens is 302 g/mol. The van der Waals surface area contributed by atoms with Crippen LogP contribution in [0.25, 0.3) is 10.9 Å². The first-order valence-electron chi connectivity index (χ1n) is 8.50.